The van der Waals surface area contributed by atoms with Crippen LogP contribution in [0.15, 0.2) is 36.7 Å². The third kappa shape index (κ3) is 2.30. The van der Waals surface area contributed by atoms with Crippen LogP contribution in [0.3, 0.4) is 0 Å². The summed E-state index contributed by atoms with van der Waals surface area (Å²) in [5, 5.41) is 9.75. The molecule has 0 saturated carbocycles. The lowest BCUT2D eigenvalue weighted by molar-refractivity contribution is 0.102. The molecule has 1 heterocycles. The average Bonchev–Trinajstić information content (AvgIpc) is 2.30. The summed E-state index contributed by atoms with van der Waals surface area (Å²) in [5.74, 6) is -0.157. The van der Waals surface area contributed by atoms with E-state index in [2.05, 4.69) is 20.5 Å². The van der Waals surface area contributed by atoms with Crippen molar-refractivity contribution in [3.63, 3.8) is 0 Å². The van der Waals surface area contributed by atoms with E-state index in [0.29, 0.717) is 11.3 Å². The van der Waals surface area contributed by atoms with Crippen molar-refractivity contribution in [3.8, 4) is 0 Å². The molecule has 6 heteroatoms. The number of hydrogen-bond donors (Lipinski definition) is 2. The maximum Gasteiger partial charge on any atom is 0.258 e. The van der Waals surface area contributed by atoms with Crippen molar-refractivity contribution >= 4 is 17.5 Å². The van der Waals surface area contributed by atoms with Crippen LogP contribution in [0, 0.1) is 0 Å². The lowest BCUT2D eigenvalue weighted by atomic mass is 10.2. The van der Waals surface area contributed by atoms with E-state index in [9.17, 15) is 4.79 Å². The fraction of sp³-hybridized carbons (Fsp3) is 0. The predicted octanol–water partition coefficient (Wildman–Crippen LogP) is 0.706. The lowest BCUT2D eigenvalue weighted by Crippen LogP contribution is -2.14. The molecule has 2 aromatic rings. The van der Waals surface area contributed by atoms with E-state index in [4.69, 9.17) is 5.73 Å². The minimum Gasteiger partial charge on any atom is -0.399 e. The minimum atomic E-state index is -0.319. The van der Waals surface area contributed by atoms with Crippen LogP contribution in [0.2, 0.25) is 0 Å². The number of anilines is 2. The zero-order chi connectivity index (χ0) is 11.4. The molecule has 0 atom stereocenters. The number of nitrogens with one attached hydrogen (secondary N) is 1. The summed E-state index contributed by atoms with van der Waals surface area (Å²) in [7, 11) is 0. The highest BCUT2D eigenvalue weighted by molar-refractivity contribution is 6.03. The number of nitrogens with two attached hydrogens (primary N) is 1. The number of carbonyl (C=O) groups excluding carboxylic acids is 1. The van der Waals surface area contributed by atoms with Gasteiger partial charge < -0.3 is 5.73 Å². The second-order valence-electron chi connectivity index (χ2n) is 3.05. The lowest BCUT2D eigenvalue weighted by Gasteiger charge is -2.02. The molecule has 1 amide bonds. The van der Waals surface area contributed by atoms with Crippen LogP contribution in [0.25, 0.3) is 0 Å². The summed E-state index contributed by atoms with van der Waals surface area (Å²) in [4.78, 5) is 15.5. The number of benzene rings is 1. The molecule has 0 saturated heterocycles. The molecular weight excluding hydrogens is 206 g/mol. The van der Waals surface area contributed by atoms with Gasteiger partial charge in [-0.05, 0) is 18.2 Å². The fourth-order valence-electron chi connectivity index (χ4n) is 1.16. The first-order chi connectivity index (χ1) is 7.75. The maximum atomic E-state index is 11.7. The molecule has 1 aromatic heterocycles. The van der Waals surface area contributed by atoms with Crippen LogP contribution >= 0.6 is 0 Å². The molecule has 2 rings (SSSR count). The van der Waals surface area contributed by atoms with E-state index in [1.54, 1.807) is 24.3 Å². The van der Waals surface area contributed by atoms with E-state index in [1.807, 2.05) is 0 Å². The Kier molecular flexibility index (Phi) is 2.73. The van der Waals surface area contributed by atoms with Gasteiger partial charge in [-0.25, -0.2) is 4.98 Å². The van der Waals surface area contributed by atoms with Gasteiger partial charge in [0.25, 0.3) is 5.91 Å². The second-order valence-corrected chi connectivity index (χ2v) is 3.05. The predicted molar refractivity (Wildman–Crippen MR) is 58.6 cm³/mol. The zero-order valence-corrected chi connectivity index (χ0v) is 8.29. The summed E-state index contributed by atoms with van der Waals surface area (Å²) in [6.45, 7) is 0. The molecular formula is C10H9N5O. The molecule has 0 aliphatic rings. The molecule has 16 heavy (non-hydrogen) atoms. The number of nitrogens with zero attached hydrogens (tertiary/aromatic N) is 3. The van der Waals surface area contributed by atoms with Gasteiger partial charge in [-0.1, -0.05) is 6.07 Å². The molecule has 80 valence electrons. The van der Waals surface area contributed by atoms with E-state index in [1.165, 1.54) is 12.4 Å². The normalized spacial score (nSPS) is 9.75. The van der Waals surface area contributed by atoms with Crippen molar-refractivity contribution in [3.05, 3.63) is 42.2 Å². The smallest absolute Gasteiger partial charge is 0.258 e. The maximum absolute atomic E-state index is 11.7. The van der Waals surface area contributed by atoms with E-state index >= 15 is 0 Å². The van der Waals surface area contributed by atoms with Gasteiger partial charge >= 0.3 is 0 Å². The minimum absolute atomic E-state index is 0.162. The topological polar surface area (TPSA) is 93.8 Å². The van der Waals surface area contributed by atoms with Crippen LogP contribution in [0.5, 0.6) is 0 Å². The van der Waals surface area contributed by atoms with Crippen LogP contribution in [0.1, 0.15) is 10.4 Å². The van der Waals surface area contributed by atoms with Crippen molar-refractivity contribution in [2.45, 2.75) is 0 Å². The summed E-state index contributed by atoms with van der Waals surface area (Å²) in [6, 6.07) is 6.64. The standard InChI is InChI=1S/C10H9N5O/c11-8-3-1-2-7(6-8)9(16)14-10-12-4-5-13-15-10/h1-6H,11H2,(H,12,14,15,16). The highest BCUT2D eigenvalue weighted by atomic mass is 16.1. The molecule has 1 aromatic carbocycles. The molecule has 6 nitrogen and oxygen atoms in total. The van der Waals surface area contributed by atoms with Gasteiger partial charge in [0, 0.05) is 11.3 Å². The van der Waals surface area contributed by atoms with E-state index in [-0.39, 0.29) is 11.9 Å². The number of rotatable bonds is 2. The first-order valence-electron chi connectivity index (χ1n) is 4.56. The second kappa shape index (κ2) is 4.35. The molecule has 0 spiro atoms. The Bertz CT molecular complexity index is 500. The summed E-state index contributed by atoms with van der Waals surface area (Å²) in [5.41, 5.74) is 6.55. The van der Waals surface area contributed by atoms with Crippen LogP contribution < -0.4 is 11.1 Å². The number of aromatic nitrogens is 3. The number of amides is 1. The van der Waals surface area contributed by atoms with Crippen LogP contribution in [-0.4, -0.2) is 21.1 Å². The highest BCUT2D eigenvalue weighted by Crippen LogP contribution is 2.07. The third-order valence-electron chi connectivity index (χ3n) is 1.86. The Labute approximate surface area is 91.5 Å². The van der Waals surface area contributed by atoms with Crippen molar-refractivity contribution < 1.29 is 4.79 Å². The first-order valence-corrected chi connectivity index (χ1v) is 4.56. The zero-order valence-electron chi connectivity index (χ0n) is 8.29. The van der Waals surface area contributed by atoms with Gasteiger partial charge in [-0.2, -0.15) is 5.10 Å². The van der Waals surface area contributed by atoms with Gasteiger partial charge in [-0.15, -0.1) is 5.10 Å². The highest BCUT2D eigenvalue weighted by Gasteiger charge is 2.07. The first kappa shape index (κ1) is 10.0. The SMILES string of the molecule is Nc1cccc(C(=O)Nc2nccnn2)c1. The molecule has 0 radical (unpaired) electrons. The number of hydrogen-bond acceptors (Lipinski definition) is 5. The van der Waals surface area contributed by atoms with E-state index < -0.39 is 0 Å². The summed E-state index contributed by atoms with van der Waals surface area (Å²) in [6.07, 6.45) is 2.87. The Morgan fingerprint density at radius 3 is 2.88 bits per heavy atom. The van der Waals surface area contributed by atoms with Crippen LogP contribution in [0.4, 0.5) is 11.6 Å². The van der Waals surface area contributed by atoms with Gasteiger partial charge in [-0.3, -0.25) is 10.1 Å². The molecule has 0 bridgehead atoms. The van der Waals surface area contributed by atoms with Gasteiger partial charge in [0.1, 0.15) is 0 Å². The monoisotopic (exact) mass is 215 g/mol. The largest absolute Gasteiger partial charge is 0.399 e. The van der Waals surface area contributed by atoms with Gasteiger partial charge in [0.2, 0.25) is 5.95 Å². The molecule has 0 fully saturated rings. The van der Waals surface area contributed by atoms with Crippen molar-refractivity contribution in [1.82, 2.24) is 15.2 Å². The summed E-state index contributed by atoms with van der Waals surface area (Å²) >= 11 is 0. The van der Waals surface area contributed by atoms with Gasteiger partial charge in [0.05, 0.1) is 12.4 Å². The Morgan fingerprint density at radius 1 is 1.31 bits per heavy atom. The Hall–Kier alpha value is -2.50. The van der Waals surface area contributed by atoms with E-state index in [0.717, 1.165) is 0 Å². The fourth-order valence-corrected chi connectivity index (χ4v) is 1.16. The third-order valence-corrected chi connectivity index (χ3v) is 1.86. The average molecular weight is 215 g/mol. The number of carbonyl (C=O) groups is 1. The Morgan fingerprint density at radius 2 is 2.19 bits per heavy atom. The van der Waals surface area contributed by atoms with Gasteiger partial charge in [0.15, 0.2) is 0 Å². The quantitative estimate of drug-likeness (QED) is 0.719. The summed E-state index contributed by atoms with van der Waals surface area (Å²) < 4.78 is 0. The molecule has 3 N–H and O–H groups in total. The van der Waals surface area contributed by atoms with Crippen molar-refractivity contribution in [2.24, 2.45) is 0 Å². The van der Waals surface area contributed by atoms with Crippen molar-refractivity contribution in [2.75, 3.05) is 11.1 Å². The van der Waals surface area contributed by atoms with Crippen LogP contribution in [-0.2, 0) is 0 Å². The molecule has 0 aliphatic carbocycles. The van der Waals surface area contributed by atoms with Crippen molar-refractivity contribution in [1.29, 1.82) is 0 Å². The Balaban J connectivity index is 2.15. The number of nitrogen functional groups attached to an aromatic ring is 1. The molecule has 0 aliphatic heterocycles. The molecule has 0 unspecified atom stereocenters.